The third-order valence-corrected chi connectivity index (χ3v) is 9.56. The first-order valence-corrected chi connectivity index (χ1v) is 11.1. The number of carboxylic acids is 2. The zero-order chi connectivity index (χ0) is 23.0. The summed E-state index contributed by atoms with van der Waals surface area (Å²) >= 11 is 0. The average molecular weight is 437 g/mol. The number of carboxylic acid groups (broad SMARTS) is 2. The second-order valence-corrected chi connectivity index (χ2v) is 10.7. The van der Waals surface area contributed by atoms with Crippen LogP contribution in [0.3, 0.4) is 0 Å². The first-order valence-electron chi connectivity index (χ1n) is 11.1. The van der Waals surface area contributed by atoms with Crippen molar-refractivity contribution >= 4 is 17.7 Å². The summed E-state index contributed by atoms with van der Waals surface area (Å²) in [6.45, 7) is 3.61. The van der Waals surface area contributed by atoms with E-state index < -0.39 is 57.8 Å². The lowest BCUT2D eigenvalue weighted by atomic mass is 9.41. The Morgan fingerprint density at radius 2 is 1.84 bits per heavy atom. The van der Waals surface area contributed by atoms with Gasteiger partial charge in [-0.2, -0.15) is 0 Å². The third-order valence-electron chi connectivity index (χ3n) is 9.56. The summed E-state index contributed by atoms with van der Waals surface area (Å²) in [4.78, 5) is 35.6. The molecule has 4 aliphatic rings. The predicted octanol–water partition coefficient (Wildman–Crippen LogP) is 1.51. The quantitative estimate of drug-likeness (QED) is 0.445. The van der Waals surface area contributed by atoms with Crippen LogP contribution >= 0.6 is 0 Å². The molecule has 0 heterocycles. The summed E-state index contributed by atoms with van der Waals surface area (Å²) in [6, 6.07) is 0. The number of ketones is 1. The van der Waals surface area contributed by atoms with Gasteiger partial charge in [0.05, 0.1) is 17.6 Å². The largest absolute Gasteiger partial charge is 0.481 e. The van der Waals surface area contributed by atoms with Crippen LogP contribution in [0, 0.1) is 28.6 Å². The van der Waals surface area contributed by atoms with Crippen molar-refractivity contribution in [2.75, 3.05) is 0 Å². The molecule has 0 spiro atoms. The Morgan fingerprint density at radius 3 is 2.45 bits per heavy atom. The zero-order valence-electron chi connectivity index (χ0n) is 18.0. The number of aliphatic hydroxyl groups excluding tert-OH is 1. The van der Waals surface area contributed by atoms with E-state index in [9.17, 15) is 34.8 Å². The second kappa shape index (κ2) is 6.86. The van der Waals surface area contributed by atoms with Crippen LogP contribution in [0.15, 0.2) is 11.6 Å². The summed E-state index contributed by atoms with van der Waals surface area (Å²) in [6.07, 6.45) is 1.41. The van der Waals surface area contributed by atoms with Gasteiger partial charge >= 0.3 is 11.9 Å². The van der Waals surface area contributed by atoms with Crippen LogP contribution in [0.5, 0.6) is 0 Å². The van der Waals surface area contributed by atoms with Crippen LogP contribution in [0.25, 0.3) is 0 Å². The number of hydrogen-bond acceptors (Lipinski definition) is 6. The van der Waals surface area contributed by atoms with Crippen LogP contribution < -0.4 is 0 Å². The van der Waals surface area contributed by atoms with E-state index in [1.54, 1.807) is 6.92 Å². The van der Waals surface area contributed by atoms with Gasteiger partial charge in [0.25, 0.3) is 0 Å². The molecule has 3 fully saturated rings. The Kier molecular flexibility index (Phi) is 4.96. The molecule has 0 aliphatic heterocycles. The molecule has 4 aliphatic carbocycles. The van der Waals surface area contributed by atoms with Crippen LogP contribution in [-0.4, -0.2) is 60.6 Å². The zero-order valence-corrected chi connectivity index (χ0v) is 18.0. The highest BCUT2D eigenvalue weighted by Crippen LogP contribution is 2.70. The molecule has 31 heavy (non-hydrogen) atoms. The minimum Gasteiger partial charge on any atom is -0.481 e. The molecule has 5 N–H and O–H groups in total. The van der Waals surface area contributed by atoms with E-state index in [-0.39, 0.29) is 37.9 Å². The van der Waals surface area contributed by atoms with Crippen molar-refractivity contribution in [3.8, 4) is 0 Å². The smallest absolute Gasteiger partial charge is 0.307 e. The lowest BCUT2D eigenvalue weighted by Gasteiger charge is -2.66. The molecule has 0 unspecified atom stereocenters. The molecule has 0 radical (unpaired) electrons. The number of carbonyl (C=O) groups is 3. The number of fused-ring (bicyclic) bond motifs is 5. The first-order chi connectivity index (χ1) is 14.3. The van der Waals surface area contributed by atoms with Crippen LogP contribution in [0.1, 0.15) is 65.2 Å². The van der Waals surface area contributed by atoms with E-state index >= 15 is 0 Å². The minimum atomic E-state index is -1.75. The topological polar surface area (TPSA) is 152 Å². The number of carbonyl (C=O) groups excluding carboxylic acids is 1. The van der Waals surface area contributed by atoms with Crippen molar-refractivity contribution in [3.63, 3.8) is 0 Å². The van der Waals surface area contributed by atoms with Crippen molar-refractivity contribution in [1.29, 1.82) is 0 Å². The SMILES string of the molecule is C[C@]12CCC(=O)C=C1C[C@@H](C(=O)O)[C@H]1[C@@H]3CC[C@@](O)(CCC(=O)O)[C@@]3(C)C[C@H](O)[C@@]12O. The van der Waals surface area contributed by atoms with Gasteiger partial charge in [-0.15, -0.1) is 0 Å². The van der Waals surface area contributed by atoms with Crippen molar-refractivity contribution in [2.45, 2.75) is 82.5 Å². The number of hydrogen-bond donors (Lipinski definition) is 5. The molecule has 8 nitrogen and oxygen atoms in total. The molecule has 8 atom stereocenters. The minimum absolute atomic E-state index is 0.0157. The Bertz CT molecular complexity index is 866. The van der Waals surface area contributed by atoms with E-state index in [1.807, 2.05) is 6.92 Å². The monoisotopic (exact) mass is 436 g/mol. The summed E-state index contributed by atoms with van der Waals surface area (Å²) in [5.74, 6) is -4.43. The van der Waals surface area contributed by atoms with Crippen molar-refractivity contribution < 1.29 is 39.9 Å². The Balaban J connectivity index is 1.83. The summed E-state index contributed by atoms with van der Waals surface area (Å²) in [5, 5.41) is 54.2. The highest BCUT2D eigenvalue weighted by atomic mass is 16.4. The van der Waals surface area contributed by atoms with Gasteiger partial charge in [-0.25, -0.2) is 0 Å². The lowest BCUT2D eigenvalue weighted by molar-refractivity contribution is -0.272. The molecule has 0 aromatic heterocycles. The fourth-order valence-electron chi connectivity index (χ4n) is 7.70. The van der Waals surface area contributed by atoms with Crippen LogP contribution in [0.4, 0.5) is 0 Å². The Morgan fingerprint density at radius 1 is 1.16 bits per heavy atom. The van der Waals surface area contributed by atoms with E-state index in [1.165, 1.54) is 6.08 Å². The maximum Gasteiger partial charge on any atom is 0.307 e. The molecule has 3 saturated carbocycles. The molecule has 0 saturated heterocycles. The molecular weight excluding hydrogens is 404 g/mol. The molecule has 0 amide bonds. The van der Waals surface area contributed by atoms with Gasteiger partial charge in [0.2, 0.25) is 0 Å². The van der Waals surface area contributed by atoms with Gasteiger partial charge in [-0.3, -0.25) is 14.4 Å². The summed E-state index contributed by atoms with van der Waals surface area (Å²) < 4.78 is 0. The molecule has 0 bridgehead atoms. The van der Waals surface area contributed by atoms with E-state index in [0.717, 1.165) is 0 Å². The fourth-order valence-corrected chi connectivity index (χ4v) is 7.70. The van der Waals surface area contributed by atoms with Crippen LogP contribution in [0.2, 0.25) is 0 Å². The predicted molar refractivity (Wildman–Crippen MR) is 108 cm³/mol. The van der Waals surface area contributed by atoms with Gasteiger partial charge in [-0.05, 0) is 50.5 Å². The van der Waals surface area contributed by atoms with Gasteiger partial charge in [0.1, 0.15) is 5.60 Å². The first kappa shape index (κ1) is 22.4. The lowest BCUT2D eigenvalue weighted by Crippen LogP contribution is -2.73. The van der Waals surface area contributed by atoms with E-state index in [4.69, 9.17) is 5.11 Å². The molecule has 172 valence electrons. The van der Waals surface area contributed by atoms with E-state index in [0.29, 0.717) is 24.8 Å². The van der Waals surface area contributed by atoms with Crippen LogP contribution in [-0.2, 0) is 14.4 Å². The highest BCUT2D eigenvalue weighted by Gasteiger charge is 2.74. The maximum atomic E-state index is 12.3. The van der Waals surface area contributed by atoms with Crippen molar-refractivity contribution in [1.82, 2.24) is 0 Å². The molecule has 8 heteroatoms. The molecule has 0 aromatic carbocycles. The summed E-state index contributed by atoms with van der Waals surface area (Å²) in [7, 11) is 0. The van der Waals surface area contributed by atoms with Gasteiger partial charge in [0.15, 0.2) is 5.78 Å². The number of aliphatic hydroxyl groups is 3. The fraction of sp³-hybridized carbons (Fsp3) is 0.783. The van der Waals surface area contributed by atoms with Crippen molar-refractivity contribution in [3.05, 3.63) is 11.6 Å². The second-order valence-electron chi connectivity index (χ2n) is 10.7. The molecule has 4 rings (SSSR count). The highest BCUT2D eigenvalue weighted by molar-refractivity contribution is 5.92. The normalized spacial score (nSPS) is 48.9. The third kappa shape index (κ3) is 2.80. The van der Waals surface area contributed by atoms with E-state index in [2.05, 4.69) is 0 Å². The standard InChI is InChI=1S/C23H32O8/c1-20-6-3-13(24)9-12(20)10-14(19(28)29)18-15-4-7-22(30,8-5-17(26)27)21(15,2)11-16(25)23(18,20)31/h9,14-16,18,25,30-31H,3-8,10-11H2,1-2H3,(H,26,27)(H,28,29)/t14-,15+,16+,18+,20+,21+,22-,23-/m1/s1. The Hall–Kier alpha value is -1.77. The van der Waals surface area contributed by atoms with Gasteiger partial charge < -0.3 is 25.5 Å². The van der Waals surface area contributed by atoms with Crippen molar-refractivity contribution in [2.24, 2.45) is 28.6 Å². The van der Waals surface area contributed by atoms with Gasteiger partial charge in [0, 0.05) is 29.6 Å². The molecule has 0 aromatic rings. The maximum absolute atomic E-state index is 12.3. The summed E-state index contributed by atoms with van der Waals surface area (Å²) in [5.41, 5.74) is -4.38. The number of aliphatic carboxylic acids is 2. The van der Waals surface area contributed by atoms with Gasteiger partial charge in [-0.1, -0.05) is 19.4 Å². The molecular formula is C23H32O8. The Labute approximate surface area is 181 Å². The average Bonchev–Trinajstić information content (AvgIpc) is 2.93. The number of rotatable bonds is 4.